The summed E-state index contributed by atoms with van der Waals surface area (Å²) in [5.41, 5.74) is 2.41. The fourth-order valence-electron chi connectivity index (χ4n) is 1.67. The number of rotatable bonds is 5. The molecular weight excluding hydrogens is 292 g/mol. The lowest BCUT2D eigenvalue weighted by molar-refractivity contribution is 0.304. The van der Waals surface area contributed by atoms with Gasteiger partial charge in [-0.05, 0) is 40.2 Å². The Morgan fingerprint density at radius 1 is 1.22 bits per heavy atom. The van der Waals surface area contributed by atoms with E-state index in [2.05, 4.69) is 44.4 Å². The van der Waals surface area contributed by atoms with Crippen molar-refractivity contribution in [3.05, 3.63) is 58.3 Å². The van der Waals surface area contributed by atoms with E-state index in [0.29, 0.717) is 6.61 Å². The van der Waals surface area contributed by atoms with Crippen molar-refractivity contribution in [2.75, 3.05) is 7.05 Å². The standard InChI is InChI=1S/C14H15BrN2O/c1-16-7-11-3-2-4-12(5-11)10-18-14-6-13(15)8-17-9-14/h2-6,8-9,16H,7,10H2,1H3. The summed E-state index contributed by atoms with van der Waals surface area (Å²) >= 11 is 3.37. The SMILES string of the molecule is CNCc1cccc(COc2cncc(Br)c2)c1. The lowest BCUT2D eigenvalue weighted by Crippen LogP contribution is -2.05. The van der Waals surface area contributed by atoms with Crippen molar-refractivity contribution in [3.8, 4) is 5.75 Å². The van der Waals surface area contributed by atoms with Gasteiger partial charge in [0.1, 0.15) is 12.4 Å². The maximum absolute atomic E-state index is 5.69. The Hall–Kier alpha value is -1.39. The third-order valence-electron chi connectivity index (χ3n) is 2.46. The number of aromatic nitrogens is 1. The van der Waals surface area contributed by atoms with Crippen LogP contribution in [-0.2, 0) is 13.2 Å². The zero-order valence-corrected chi connectivity index (χ0v) is 11.8. The molecule has 2 aromatic rings. The van der Waals surface area contributed by atoms with E-state index in [-0.39, 0.29) is 0 Å². The van der Waals surface area contributed by atoms with Gasteiger partial charge >= 0.3 is 0 Å². The topological polar surface area (TPSA) is 34.1 Å². The summed E-state index contributed by atoms with van der Waals surface area (Å²) in [6.45, 7) is 1.42. The first kappa shape index (κ1) is 13.1. The van der Waals surface area contributed by atoms with Gasteiger partial charge in [0.25, 0.3) is 0 Å². The summed E-state index contributed by atoms with van der Waals surface area (Å²) in [4.78, 5) is 4.06. The Morgan fingerprint density at radius 2 is 2.06 bits per heavy atom. The van der Waals surface area contributed by atoms with Crippen LogP contribution in [0.3, 0.4) is 0 Å². The van der Waals surface area contributed by atoms with Gasteiger partial charge < -0.3 is 10.1 Å². The summed E-state index contributed by atoms with van der Waals surface area (Å²) in [5.74, 6) is 0.767. The van der Waals surface area contributed by atoms with E-state index in [9.17, 15) is 0 Å². The van der Waals surface area contributed by atoms with E-state index < -0.39 is 0 Å². The van der Waals surface area contributed by atoms with Crippen LogP contribution in [0.4, 0.5) is 0 Å². The molecule has 0 amide bonds. The lowest BCUT2D eigenvalue weighted by Gasteiger charge is -2.07. The Balaban J connectivity index is 1.99. The molecule has 4 heteroatoms. The first-order valence-corrected chi connectivity index (χ1v) is 6.53. The first-order valence-electron chi connectivity index (χ1n) is 5.73. The lowest BCUT2D eigenvalue weighted by atomic mass is 10.1. The van der Waals surface area contributed by atoms with E-state index in [1.165, 1.54) is 5.56 Å². The van der Waals surface area contributed by atoms with Crippen LogP contribution in [0.25, 0.3) is 0 Å². The summed E-state index contributed by atoms with van der Waals surface area (Å²) in [5, 5.41) is 3.14. The molecule has 1 aromatic heterocycles. The van der Waals surface area contributed by atoms with Crippen molar-refractivity contribution in [1.82, 2.24) is 10.3 Å². The van der Waals surface area contributed by atoms with Crippen LogP contribution in [0.15, 0.2) is 47.2 Å². The molecule has 0 aliphatic rings. The van der Waals surface area contributed by atoms with Crippen LogP contribution in [0.5, 0.6) is 5.75 Å². The fourth-order valence-corrected chi connectivity index (χ4v) is 2.02. The number of hydrogen-bond donors (Lipinski definition) is 1. The molecule has 0 unspecified atom stereocenters. The molecule has 0 aliphatic carbocycles. The Bertz CT molecular complexity index is 517. The number of benzene rings is 1. The number of nitrogens with zero attached hydrogens (tertiary/aromatic N) is 1. The van der Waals surface area contributed by atoms with E-state index >= 15 is 0 Å². The number of pyridine rings is 1. The van der Waals surface area contributed by atoms with Gasteiger partial charge in [-0.3, -0.25) is 4.98 Å². The Kier molecular flexibility index (Phi) is 4.73. The zero-order chi connectivity index (χ0) is 12.8. The van der Waals surface area contributed by atoms with Crippen molar-refractivity contribution in [2.24, 2.45) is 0 Å². The van der Waals surface area contributed by atoms with Crippen LogP contribution in [0.1, 0.15) is 11.1 Å². The molecule has 0 aliphatic heterocycles. The predicted molar refractivity (Wildman–Crippen MR) is 75.5 cm³/mol. The molecule has 94 valence electrons. The average molecular weight is 307 g/mol. The summed E-state index contributed by atoms with van der Waals surface area (Å²) in [6.07, 6.45) is 3.45. The molecule has 0 saturated heterocycles. The number of ether oxygens (including phenoxy) is 1. The monoisotopic (exact) mass is 306 g/mol. The van der Waals surface area contributed by atoms with Crippen molar-refractivity contribution in [2.45, 2.75) is 13.2 Å². The minimum absolute atomic E-state index is 0.551. The maximum atomic E-state index is 5.69. The molecule has 0 spiro atoms. The molecule has 1 aromatic carbocycles. The second-order valence-electron chi connectivity index (χ2n) is 3.98. The van der Waals surface area contributed by atoms with Crippen LogP contribution in [0, 0.1) is 0 Å². The molecule has 0 bridgehead atoms. The van der Waals surface area contributed by atoms with Crippen LogP contribution in [0.2, 0.25) is 0 Å². The molecule has 1 N–H and O–H groups in total. The molecule has 0 atom stereocenters. The Labute approximate surface area is 115 Å². The first-order chi connectivity index (χ1) is 8.78. The van der Waals surface area contributed by atoms with Crippen LogP contribution in [-0.4, -0.2) is 12.0 Å². The van der Waals surface area contributed by atoms with Crippen LogP contribution < -0.4 is 10.1 Å². The van der Waals surface area contributed by atoms with Gasteiger partial charge in [-0.25, -0.2) is 0 Å². The minimum atomic E-state index is 0.551. The van der Waals surface area contributed by atoms with Crippen LogP contribution >= 0.6 is 15.9 Å². The van der Waals surface area contributed by atoms with E-state index in [0.717, 1.165) is 22.3 Å². The van der Waals surface area contributed by atoms with E-state index in [1.54, 1.807) is 12.4 Å². The van der Waals surface area contributed by atoms with Gasteiger partial charge in [-0.15, -0.1) is 0 Å². The molecule has 18 heavy (non-hydrogen) atoms. The third-order valence-corrected chi connectivity index (χ3v) is 2.89. The molecule has 0 saturated carbocycles. The summed E-state index contributed by atoms with van der Waals surface area (Å²) in [7, 11) is 1.94. The molecular formula is C14H15BrN2O. The normalized spacial score (nSPS) is 10.3. The predicted octanol–water partition coefficient (Wildman–Crippen LogP) is 3.14. The van der Waals surface area contributed by atoms with Crippen molar-refractivity contribution < 1.29 is 4.74 Å². The van der Waals surface area contributed by atoms with Gasteiger partial charge in [0, 0.05) is 17.2 Å². The second kappa shape index (κ2) is 6.52. The largest absolute Gasteiger partial charge is 0.487 e. The van der Waals surface area contributed by atoms with Gasteiger partial charge in [0.15, 0.2) is 0 Å². The highest BCUT2D eigenvalue weighted by molar-refractivity contribution is 9.10. The Morgan fingerprint density at radius 3 is 2.83 bits per heavy atom. The van der Waals surface area contributed by atoms with Gasteiger partial charge in [0.2, 0.25) is 0 Å². The van der Waals surface area contributed by atoms with Crippen molar-refractivity contribution >= 4 is 15.9 Å². The fraction of sp³-hybridized carbons (Fsp3) is 0.214. The molecule has 2 rings (SSSR count). The number of halogens is 1. The highest BCUT2D eigenvalue weighted by Gasteiger charge is 1.99. The van der Waals surface area contributed by atoms with E-state index in [1.807, 2.05) is 19.2 Å². The van der Waals surface area contributed by atoms with Crippen molar-refractivity contribution in [1.29, 1.82) is 0 Å². The zero-order valence-electron chi connectivity index (χ0n) is 10.2. The molecule has 0 fully saturated rings. The highest BCUT2D eigenvalue weighted by Crippen LogP contribution is 2.17. The van der Waals surface area contributed by atoms with Gasteiger partial charge in [0.05, 0.1) is 6.20 Å². The minimum Gasteiger partial charge on any atom is -0.487 e. The maximum Gasteiger partial charge on any atom is 0.139 e. The summed E-state index contributed by atoms with van der Waals surface area (Å²) < 4.78 is 6.61. The second-order valence-corrected chi connectivity index (χ2v) is 4.89. The average Bonchev–Trinajstić information content (AvgIpc) is 2.37. The third kappa shape index (κ3) is 3.82. The number of nitrogens with one attached hydrogen (secondary N) is 1. The van der Waals surface area contributed by atoms with Gasteiger partial charge in [-0.2, -0.15) is 0 Å². The highest BCUT2D eigenvalue weighted by atomic mass is 79.9. The van der Waals surface area contributed by atoms with Gasteiger partial charge in [-0.1, -0.05) is 24.3 Å². The molecule has 1 heterocycles. The smallest absolute Gasteiger partial charge is 0.139 e. The number of hydrogen-bond acceptors (Lipinski definition) is 3. The quantitative estimate of drug-likeness (QED) is 0.921. The van der Waals surface area contributed by atoms with Crippen molar-refractivity contribution in [3.63, 3.8) is 0 Å². The molecule has 0 radical (unpaired) electrons. The van der Waals surface area contributed by atoms with E-state index in [4.69, 9.17) is 4.74 Å². The molecule has 3 nitrogen and oxygen atoms in total. The summed E-state index contributed by atoms with van der Waals surface area (Å²) in [6, 6.07) is 10.3.